The van der Waals surface area contributed by atoms with Gasteiger partial charge < -0.3 is 0 Å². The van der Waals surface area contributed by atoms with Gasteiger partial charge in [-0.3, -0.25) is 0 Å². The Kier molecular flexibility index (Phi) is 5.39. The van der Waals surface area contributed by atoms with Gasteiger partial charge >= 0.3 is 0 Å². The minimum absolute atomic E-state index is 0.286. The van der Waals surface area contributed by atoms with E-state index >= 15 is 0 Å². The Morgan fingerprint density at radius 1 is 1.16 bits per heavy atom. The van der Waals surface area contributed by atoms with Crippen molar-refractivity contribution in [2.24, 2.45) is 0 Å². The summed E-state index contributed by atoms with van der Waals surface area (Å²) >= 11 is 0. The van der Waals surface area contributed by atoms with Crippen molar-refractivity contribution in [2.75, 3.05) is 6.54 Å². The number of nitrogens with one attached hydrogen (secondary N) is 1. The number of sulfonamides is 1. The Labute approximate surface area is 149 Å². The SMILES string of the molecule is Cc1nn(-c2ccccc2)c(C)c1S(=O)(=O)NCCC1=CCCCC1. The Bertz CT molecular complexity index is 868. The third-order valence-corrected chi connectivity index (χ3v) is 6.33. The van der Waals surface area contributed by atoms with E-state index in [0.717, 1.165) is 24.9 Å². The summed E-state index contributed by atoms with van der Waals surface area (Å²) in [5, 5.41) is 4.43. The van der Waals surface area contributed by atoms with Crippen molar-refractivity contribution in [1.82, 2.24) is 14.5 Å². The van der Waals surface area contributed by atoms with Crippen LogP contribution in [0.15, 0.2) is 46.9 Å². The molecule has 0 bridgehead atoms. The molecule has 0 unspecified atom stereocenters. The van der Waals surface area contributed by atoms with Gasteiger partial charge in [0.25, 0.3) is 0 Å². The van der Waals surface area contributed by atoms with E-state index in [0.29, 0.717) is 17.9 Å². The summed E-state index contributed by atoms with van der Waals surface area (Å²) in [4.78, 5) is 0.286. The normalized spacial score (nSPS) is 15.2. The van der Waals surface area contributed by atoms with Crippen LogP contribution in [0.1, 0.15) is 43.5 Å². The van der Waals surface area contributed by atoms with Crippen LogP contribution in [0.2, 0.25) is 0 Å². The number of para-hydroxylation sites is 1. The zero-order valence-corrected chi connectivity index (χ0v) is 15.6. The first-order chi connectivity index (χ1) is 12.0. The van der Waals surface area contributed by atoms with Crippen molar-refractivity contribution in [3.63, 3.8) is 0 Å². The fourth-order valence-electron chi connectivity index (χ4n) is 3.39. The van der Waals surface area contributed by atoms with Gasteiger partial charge in [0, 0.05) is 6.54 Å². The van der Waals surface area contributed by atoms with E-state index in [-0.39, 0.29) is 4.90 Å². The molecule has 0 saturated heterocycles. The first kappa shape index (κ1) is 17.9. The Morgan fingerprint density at radius 2 is 1.92 bits per heavy atom. The molecule has 3 rings (SSSR count). The van der Waals surface area contributed by atoms with E-state index in [1.807, 2.05) is 30.3 Å². The number of allylic oxidation sites excluding steroid dienone is 1. The van der Waals surface area contributed by atoms with E-state index in [2.05, 4.69) is 15.9 Å². The zero-order chi connectivity index (χ0) is 17.9. The maximum atomic E-state index is 12.8. The van der Waals surface area contributed by atoms with Gasteiger partial charge in [0.1, 0.15) is 4.90 Å². The second kappa shape index (κ2) is 7.54. The quantitative estimate of drug-likeness (QED) is 0.801. The topological polar surface area (TPSA) is 64.0 Å². The molecule has 1 heterocycles. The van der Waals surface area contributed by atoms with Crippen molar-refractivity contribution in [3.8, 4) is 5.69 Å². The molecule has 0 atom stereocenters. The van der Waals surface area contributed by atoms with E-state index in [9.17, 15) is 8.42 Å². The molecule has 0 amide bonds. The highest BCUT2D eigenvalue weighted by Crippen LogP contribution is 2.23. The zero-order valence-electron chi connectivity index (χ0n) is 14.8. The number of hydrogen-bond acceptors (Lipinski definition) is 3. The minimum Gasteiger partial charge on any atom is -0.236 e. The van der Waals surface area contributed by atoms with E-state index in [1.165, 1.54) is 18.4 Å². The largest absolute Gasteiger partial charge is 0.244 e. The fraction of sp³-hybridized carbons (Fsp3) is 0.421. The van der Waals surface area contributed by atoms with Gasteiger partial charge in [0.15, 0.2) is 0 Å². The number of rotatable bonds is 6. The molecule has 1 N–H and O–H groups in total. The molecule has 25 heavy (non-hydrogen) atoms. The summed E-state index contributed by atoms with van der Waals surface area (Å²) < 4.78 is 30.0. The van der Waals surface area contributed by atoms with Crippen molar-refractivity contribution >= 4 is 10.0 Å². The third-order valence-electron chi connectivity index (χ3n) is 4.62. The average Bonchev–Trinajstić information content (AvgIpc) is 2.91. The molecule has 0 radical (unpaired) electrons. The lowest BCUT2D eigenvalue weighted by atomic mass is 9.97. The molecule has 1 aliphatic rings. The summed E-state index contributed by atoms with van der Waals surface area (Å²) in [6, 6.07) is 9.58. The number of benzene rings is 1. The van der Waals surface area contributed by atoms with E-state index in [4.69, 9.17) is 0 Å². The maximum absolute atomic E-state index is 12.8. The first-order valence-electron chi connectivity index (χ1n) is 8.78. The van der Waals surface area contributed by atoms with Crippen LogP contribution in [0, 0.1) is 13.8 Å². The predicted octanol–water partition coefficient (Wildman–Crippen LogP) is 3.66. The summed E-state index contributed by atoms with van der Waals surface area (Å²) in [6.07, 6.45) is 7.69. The summed E-state index contributed by atoms with van der Waals surface area (Å²) in [7, 11) is -3.57. The van der Waals surface area contributed by atoms with Crippen LogP contribution in [0.5, 0.6) is 0 Å². The lowest BCUT2D eigenvalue weighted by Gasteiger charge is -2.13. The smallest absolute Gasteiger partial charge is 0.236 e. The highest BCUT2D eigenvalue weighted by atomic mass is 32.2. The lowest BCUT2D eigenvalue weighted by Crippen LogP contribution is -2.26. The number of hydrogen-bond donors (Lipinski definition) is 1. The van der Waals surface area contributed by atoms with Gasteiger partial charge in [-0.1, -0.05) is 29.8 Å². The van der Waals surface area contributed by atoms with Crippen molar-refractivity contribution in [3.05, 3.63) is 53.4 Å². The van der Waals surface area contributed by atoms with Crippen LogP contribution >= 0.6 is 0 Å². The molecule has 0 saturated carbocycles. The highest BCUT2D eigenvalue weighted by Gasteiger charge is 2.24. The molecule has 5 nitrogen and oxygen atoms in total. The van der Waals surface area contributed by atoms with Crippen LogP contribution in [0.3, 0.4) is 0 Å². The third kappa shape index (κ3) is 4.02. The van der Waals surface area contributed by atoms with Gasteiger partial charge in [-0.15, -0.1) is 0 Å². The molecule has 1 aromatic carbocycles. The summed E-state index contributed by atoms with van der Waals surface area (Å²) in [5.41, 5.74) is 3.37. The monoisotopic (exact) mass is 359 g/mol. The van der Waals surface area contributed by atoms with E-state index in [1.54, 1.807) is 18.5 Å². The van der Waals surface area contributed by atoms with Crippen LogP contribution < -0.4 is 4.72 Å². The minimum atomic E-state index is -3.57. The fourth-order valence-corrected chi connectivity index (χ4v) is 4.81. The molecule has 1 aromatic heterocycles. The lowest BCUT2D eigenvalue weighted by molar-refractivity contribution is 0.578. The Hall–Kier alpha value is -1.92. The van der Waals surface area contributed by atoms with Crippen molar-refractivity contribution in [2.45, 2.75) is 50.8 Å². The van der Waals surface area contributed by atoms with Crippen molar-refractivity contribution < 1.29 is 8.42 Å². The van der Waals surface area contributed by atoms with Gasteiger partial charge in [0.05, 0.1) is 17.1 Å². The molecule has 0 aliphatic heterocycles. The first-order valence-corrected chi connectivity index (χ1v) is 10.3. The van der Waals surface area contributed by atoms with Gasteiger partial charge in [-0.2, -0.15) is 5.10 Å². The number of nitrogens with zero attached hydrogens (tertiary/aromatic N) is 2. The molecule has 134 valence electrons. The predicted molar refractivity (Wildman–Crippen MR) is 99.4 cm³/mol. The van der Waals surface area contributed by atoms with Crippen LogP contribution in [0.4, 0.5) is 0 Å². The summed E-state index contributed by atoms with van der Waals surface area (Å²) in [5.74, 6) is 0. The molecule has 0 fully saturated rings. The number of aryl methyl sites for hydroxylation is 1. The second-order valence-corrected chi connectivity index (χ2v) is 8.21. The Balaban J connectivity index is 1.78. The maximum Gasteiger partial charge on any atom is 0.244 e. The van der Waals surface area contributed by atoms with Gasteiger partial charge in [-0.25, -0.2) is 17.8 Å². The van der Waals surface area contributed by atoms with E-state index < -0.39 is 10.0 Å². The van der Waals surface area contributed by atoms with Crippen molar-refractivity contribution in [1.29, 1.82) is 0 Å². The highest BCUT2D eigenvalue weighted by molar-refractivity contribution is 7.89. The van der Waals surface area contributed by atoms with Crippen LogP contribution in [0.25, 0.3) is 5.69 Å². The molecule has 2 aromatic rings. The average molecular weight is 359 g/mol. The summed E-state index contributed by atoms with van der Waals surface area (Å²) in [6.45, 7) is 3.97. The number of aromatic nitrogens is 2. The molecular weight excluding hydrogens is 334 g/mol. The van der Waals surface area contributed by atoms with Gasteiger partial charge in [-0.05, 0) is 58.1 Å². The standard InChI is InChI=1S/C19H25N3O2S/c1-15-19(16(2)22(21-15)18-11-7-4-8-12-18)25(23,24)20-14-13-17-9-5-3-6-10-17/h4,7-9,11-12,20H,3,5-6,10,13-14H2,1-2H3. The van der Waals surface area contributed by atoms with Gasteiger partial charge in [0.2, 0.25) is 10.0 Å². The second-order valence-electron chi connectivity index (χ2n) is 6.50. The molecule has 0 spiro atoms. The molecule has 1 aliphatic carbocycles. The van der Waals surface area contributed by atoms with Crippen LogP contribution in [-0.2, 0) is 10.0 Å². The van der Waals surface area contributed by atoms with Crippen LogP contribution in [-0.4, -0.2) is 24.7 Å². The Morgan fingerprint density at radius 3 is 2.60 bits per heavy atom. The molecule has 6 heteroatoms. The molecular formula is C19H25N3O2S.